The SMILES string of the molecule is CCCCc1oc2c(CC(NCCC)C3CC3)c(C)nn2c1-c1ccc(Cl)cc1Cl. The van der Waals surface area contributed by atoms with Gasteiger partial charge in [-0.15, -0.1) is 0 Å². The van der Waals surface area contributed by atoms with Gasteiger partial charge in [-0.3, -0.25) is 0 Å². The summed E-state index contributed by atoms with van der Waals surface area (Å²) >= 11 is 12.7. The zero-order valence-electron chi connectivity index (χ0n) is 18.1. The average molecular weight is 448 g/mol. The van der Waals surface area contributed by atoms with Crippen LogP contribution in [0.3, 0.4) is 0 Å². The molecule has 0 spiro atoms. The monoisotopic (exact) mass is 447 g/mol. The molecule has 0 aliphatic heterocycles. The van der Waals surface area contributed by atoms with Crippen LogP contribution in [-0.2, 0) is 12.8 Å². The van der Waals surface area contributed by atoms with E-state index in [2.05, 4.69) is 26.1 Å². The van der Waals surface area contributed by atoms with Crippen molar-refractivity contribution in [3.63, 3.8) is 0 Å². The Morgan fingerprint density at radius 1 is 1.23 bits per heavy atom. The molecule has 1 aliphatic rings. The van der Waals surface area contributed by atoms with Crippen LogP contribution in [0.15, 0.2) is 22.6 Å². The summed E-state index contributed by atoms with van der Waals surface area (Å²) in [6, 6.07) is 6.12. The van der Waals surface area contributed by atoms with Crippen LogP contribution in [0, 0.1) is 12.8 Å². The van der Waals surface area contributed by atoms with E-state index in [1.165, 1.54) is 18.4 Å². The number of nitrogens with one attached hydrogen (secondary N) is 1. The van der Waals surface area contributed by atoms with E-state index in [1.807, 2.05) is 16.6 Å². The summed E-state index contributed by atoms with van der Waals surface area (Å²) in [6.07, 6.45) is 7.76. The Balaban J connectivity index is 1.78. The van der Waals surface area contributed by atoms with Gasteiger partial charge in [0.2, 0.25) is 5.71 Å². The minimum atomic E-state index is 0.489. The van der Waals surface area contributed by atoms with Crippen LogP contribution in [0.25, 0.3) is 17.0 Å². The number of hydrogen-bond donors (Lipinski definition) is 1. The van der Waals surface area contributed by atoms with Crippen molar-refractivity contribution < 1.29 is 4.42 Å². The standard InChI is InChI=1S/C24H31Cl2N3O/c1-4-6-7-22-23(18-11-10-17(25)13-20(18)26)29-24(30-22)19(15(3)28-29)14-21(16-8-9-16)27-12-5-2/h10-11,13,16,21,27H,4-9,12,14H2,1-3H3. The van der Waals surface area contributed by atoms with Crippen molar-refractivity contribution in [3.8, 4) is 11.3 Å². The summed E-state index contributed by atoms with van der Waals surface area (Å²) < 4.78 is 8.45. The highest BCUT2D eigenvalue weighted by molar-refractivity contribution is 6.36. The number of unbranched alkanes of at least 4 members (excludes halogenated alkanes) is 1. The Morgan fingerprint density at radius 2 is 2.03 bits per heavy atom. The second-order valence-electron chi connectivity index (χ2n) is 8.48. The van der Waals surface area contributed by atoms with E-state index < -0.39 is 0 Å². The van der Waals surface area contributed by atoms with Crippen molar-refractivity contribution in [2.45, 2.75) is 71.8 Å². The second-order valence-corrected chi connectivity index (χ2v) is 9.33. The van der Waals surface area contributed by atoms with Crippen LogP contribution < -0.4 is 5.32 Å². The highest BCUT2D eigenvalue weighted by Gasteiger charge is 2.33. The molecule has 1 aliphatic carbocycles. The number of fused-ring (bicyclic) bond motifs is 1. The third-order valence-corrected chi connectivity index (χ3v) is 6.60. The quantitative estimate of drug-likeness (QED) is 0.368. The molecule has 2 aromatic heterocycles. The van der Waals surface area contributed by atoms with E-state index in [0.717, 1.165) is 73.0 Å². The molecular weight excluding hydrogens is 417 g/mol. The third-order valence-electron chi connectivity index (χ3n) is 6.05. The number of oxazole rings is 1. The molecule has 1 unspecified atom stereocenters. The van der Waals surface area contributed by atoms with Crippen LogP contribution in [-0.4, -0.2) is 22.2 Å². The first-order valence-corrected chi connectivity index (χ1v) is 12.0. The van der Waals surface area contributed by atoms with Gasteiger partial charge in [0.15, 0.2) is 0 Å². The average Bonchev–Trinajstić information content (AvgIpc) is 3.44. The molecule has 4 rings (SSSR count). The van der Waals surface area contributed by atoms with E-state index in [-0.39, 0.29) is 0 Å². The fraction of sp³-hybridized carbons (Fsp3) is 0.542. The smallest absolute Gasteiger partial charge is 0.225 e. The molecular formula is C24H31Cl2N3O. The van der Waals surface area contributed by atoms with Crippen molar-refractivity contribution in [1.82, 2.24) is 14.9 Å². The summed E-state index contributed by atoms with van der Waals surface area (Å²) in [5, 5.41) is 9.90. The normalized spacial score (nSPS) is 15.2. The maximum atomic E-state index is 6.59. The zero-order valence-corrected chi connectivity index (χ0v) is 19.6. The van der Waals surface area contributed by atoms with E-state index in [4.69, 9.17) is 32.7 Å². The first-order chi connectivity index (χ1) is 14.5. The molecule has 0 saturated heterocycles. The predicted octanol–water partition coefficient (Wildman–Crippen LogP) is 6.87. The fourth-order valence-corrected chi connectivity index (χ4v) is 4.72. The molecule has 1 saturated carbocycles. The summed E-state index contributed by atoms with van der Waals surface area (Å²) in [5.74, 6) is 1.72. The number of hydrogen-bond acceptors (Lipinski definition) is 3. The zero-order chi connectivity index (χ0) is 21.3. The lowest BCUT2D eigenvalue weighted by Gasteiger charge is -2.17. The van der Waals surface area contributed by atoms with E-state index in [0.29, 0.717) is 16.1 Å². The van der Waals surface area contributed by atoms with Gasteiger partial charge in [0.05, 0.1) is 10.7 Å². The van der Waals surface area contributed by atoms with Crippen LogP contribution in [0.5, 0.6) is 0 Å². The molecule has 6 heteroatoms. The molecule has 162 valence electrons. The van der Waals surface area contributed by atoms with Crippen LogP contribution in [0.1, 0.15) is 63.0 Å². The van der Waals surface area contributed by atoms with Crippen LogP contribution in [0.2, 0.25) is 10.0 Å². The highest BCUT2D eigenvalue weighted by Crippen LogP contribution is 2.38. The maximum absolute atomic E-state index is 6.59. The molecule has 0 amide bonds. The first-order valence-electron chi connectivity index (χ1n) is 11.2. The first kappa shape index (κ1) is 21.7. The van der Waals surface area contributed by atoms with E-state index in [1.54, 1.807) is 6.07 Å². The lowest BCUT2D eigenvalue weighted by atomic mass is 10.0. The largest absolute Gasteiger partial charge is 0.441 e. The molecule has 2 heterocycles. The number of halogens is 2. The van der Waals surface area contributed by atoms with E-state index in [9.17, 15) is 0 Å². The van der Waals surface area contributed by atoms with Gasteiger partial charge in [-0.25, -0.2) is 0 Å². The van der Waals surface area contributed by atoms with Crippen LogP contribution in [0.4, 0.5) is 0 Å². The topological polar surface area (TPSA) is 42.5 Å². The van der Waals surface area contributed by atoms with Crippen molar-refractivity contribution in [2.75, 3.05) is 6.54 Å². The van der Waals surface area contributed by atoms with Crippen molar-refractivity contribution >= 4 is 28.9 Å². The fourth-order valence-electron chi connectivity index (χ4n) is 4.22. The van der Waals surface area contributed by atoms with Gasteiger partial charge >= 0.3 is 0 Å². The molecule has 0 bridgehead atoms. The number of aromatic nitrogens is 2. The summed E-state index contributed by atoms with van der Waals surface area (Å²) in [7, 11) is 0. The third kappa shape index (κ3) is 4.42. The van der Waals surface area contributed by atoms with E-state index >= 15 is 0 Å². The predicted molar refractivity (Wildman–Crippen MR) is 125 cm³/mol. The minimum Gasteiger partial charge on any atom is -0.441 e. The van der Waals surface area contributed by atoms with Crippen molar-refractivity contribution in [3.05, 3.63) is 45.3 Å². The molecule has 1 fully saturated rings. The molecule has 1 N–H and O–H groups in total. The van der Waals surface area contributed by atoms with Gasteiger partial charge in [-0.05, 0) is 69.7 Å². The van der Waals surface area contributed by atoms with Gasteiger partial charge < -0.3 is 9.73 Å². The van der Waals surface area contributed by atoms with Crippen molar-refractivity contribution in [1.29, 1.82) is 0 Å². The van der Waals surface area contributed by atoms with Gasteiger partial charge in [-0.1, -0.05) is 43.5 Å². The molecule has 0 radical (unpaired) electrons. The molecule has 30 heavy (non-hydrogen) atoms. The van der Waals surface area contributed by atoms with Crippen molar-refractivity contribution in [2.24, 2.45) is 5.92 Å². The van der Waals surface area contributed by atoms with Gasteiger partial charge in [0, 0.05) is 28.6 Å². The van der Waals surface area contributed by atoms with Crippen LogP contribution >= 0.6 is 23.2 Å². The Morgan fingerprint density at radius 3 is 2.70 bits per heavy atom. The molecule has 1 atom stereocenters. The Hall–Kier alpha value is -1.49. The number of aryl methyl sites for hydroxylation is 2. The number of nitrogens with zero attached hydrogens (tertiary/aromatic N) is 2. The highest BCUT2D eigenvalue weighted by atomic mass is 35.5. The van der Waals surface area contributed by atoms with Gasteiger partial charge in [0.1, 0.15) is 11.5 Å². The molecule has 1 aromatic carbocycles. The minimum absolute atomic E-state index is 0.489. The molecule has 4 nitrogen and oxygen atoms in total. The Kier molecular flexibility index (Phi) is 6.76. The lowest BCUT2D eigenvalue weighted by molar-refractivity contribution is 0.456. The lowest BCUT2D eigenvalue weighted by Crippen LogP contribution is -2.33. The van der Waals surface area contributed by atoms with Gasteiger partial charge in [0.25, 0.3) is 0 Å². The van der Waals surface area contributed by atoms with Gasteiger partial charge in [-0.2, -0.15) is 9.61 Å². The summed E-state index contributed by atoms with van der Waals surface area (Å²) in [6.45, 7) is 7.55. The Bertz CT molecular complexity index is 1020. The molecule has 3 aromatic rings. The Labute approximate surface area is 188 Å². The summed E-state index contributed by atoms with van der Waals surface area (Å²) in [5.41, 5.74) is 4.99. The second kappa shape index (κ2) is 9.33. The number of benzene rings is 1. The summed E-state index contributed by atoms with van der Waals surface area (Å²) in [4.78, 5) is 0. The number of rotatable bonds is 10. The maximum Gasteiger partial charge on any atom is 0.225 e.